The Morgan fingerprint density at radius 3 is 2.84 bits per heavy atom. The maximum atomic E-state index is 12.5. The molecule has 1 unspecified atom stereocenters. The van der Waals surface area contributed by atoms with Crippen molar-refractivity contribution >= 4 is 21.6 Å². The first-order valence-electron chi connectivity index (χ1n) is 6.24. The van der Waals surface area contributed by atoms with E-state index in [1.54, 1.807) is 10.9 Å². The van der Waals surface area contributed by atoms with Crippen LogP contribution in [0.4, 0.5) is 0 Å². The Bertz CT molecular complexity index is 531. The number of alkyl halides is 1. The van der Waals surface area contributed by atoms with E-state index >= 15 is 0 Å². The third kappa shape index (κ3) is 3.10. The summed E-state index contributed by atoms with van der Waals surface area (Å²) in [4.78, 5) is 2.40. The van der Waals surface area contributed by atoms with Crippen molar-refractivity contribution in [3.05, 3.63) is 12.4 Å². The molecule has 1 aliphatic rings. The highest BCUT2D eigenvalue weighted by molar-refractivity contribution is 7.89. The van der Waals surface area contributed by atoms with Gasteiger partial charge < -0.3 is 4.90 Å². The van der Waals surface area contributed by atoms with Crippen molar-refractivity contribution in [3.8, 4) is 0 Å². The molecular formula is C11H19ClN4O2S. The van der Waals surface area contributed by atoms with E-state index in [-0.39, 0.29) is 10.9 Å². The minimum absolute atomic E-state index is 0.224. The Morgan fingerprint density at radius 2 is 2.21 bits per heavy atom. The predicted molar refractivity (Wildman–Crippen MR) is 73.8 cm³/mol. The normalized spacial score (nSPS) is 22.8. The molecule has 1 saturated heterocycles. The third-order valence-corrected chi connectivity index (χ3v) is 5.47. The lowest BCUT2D eigenvalue weighted by Crippen LogP contribution is -2.51. The molecule has 108 valence electrons. The van der Waals surface area contributed by atoms with Crippen molar-refractivity contribution in [3.63, 3.8) is 0 Å². The summed E-state index contributed by atoms with van der Waals surface area (Å²) in [5, 5.41) is 4.02. The molecule has 19 heavy (non-hydrogen) atoms. The van der Waals surface area contributed by atoms with Gasteiger partial charge in [-0.25, -0.2) is 8.42 Å². The lowest BCUT2D eigenvalue weighted by molar-refractivity contribution is 0.159. The Balaban J connectivity index is 2.17. The molecule has 0 radical (unpaired) electrons. The second-order valence-electron chi connectivity index (χ2n) is 4.82. The number of hydrogen-bond acceptors (Lipinski definition) is 4. The van der Waals surface area contributed by atoms with Crippen LogP contribution >= 0.6 is 11.6 Å². The molecule has 1 fully saturated rings. The van der Waals surface area contributed by atoms with Gasteiger partial charge in [-0.05, 0) is 14.0 Å². The first kappa shape index (κ1) is 14.8. The van der Waals surface area contributed by atoms with Crippen LogP contribution in [-0.4, -0.2) is 66.0 Å². The fraction of sp³-hybridized carbons (Fsp3) is 0.727. The van der Waals surface area contributed by atoms with E-state index in [2.05, 4.69) is 10.00 Å². The fourth-order valence-corrected chi connectivity index (χ4v) is 3.71. The summed E-state index contributed by atoms with van der Waals surface area (Å²) in [6, 6.07) is 0.224. The molecule has 1 atom stereocenters. The number of aryl methyl sites for hydroxylation is 1. The highest BCUT2D eigenvalue weighted by Gasteiger charge is 2.31. The molecule has 2 heterocycles. The Morgan fingerprint density at radius 1 is 1.47 bits per heavy atom. The minimum atomic E-state index is -3.44. The van der Waals surface area contributed by atoms with E-state index in [0.29, 0.717) is 25.5 Å². The molecular weight excluding hydrogens is 288 g/mol. The summed E-state index contributed by atoms with van der Waals surface area (Å²) >= 11 is 5.62. The Hall–Kier alpha value is -0.630. The van der Waals surface area contributed by atoms with E-state index in [4.69, 9.17) is 11.6 Å². The van der Waals surface area contributed by atoms with Crippen LogP contribution in [0.3, 0.4) is 0 Å². The van der Waals surface area contributed by atoms with Gasteiger partial charge in [0, 0.05) is 37.8 Å². The van der Waals surface area contributed by atoms with Crippen molar-refractivity contribution in [1.82, 2.24) is 19.0 Å². The van der Waals surface area contributed by atoms with Crippen LogP contribution in [-0.2, 0) is 16.6 Å². The molecule has 0 aliphatic carbocycles. The molecule has 0 bridgehead atoms. The lowest BCUT2D eigenvalue weighted by atomic mass is 10.2. The van der Waals surface area contributed by atoms with Gasteiger partial charge in [-0.1, -0.05) is 0 Å². The monoisotopic (exact) mass is 306 g/mol. The molecule has 0 spiro atoms. The van der Waals surface area contributed by atoms with E-state index < -0.39 is 10.0 Å². The SMILES string of the molecule is CC1CN(S(=O)(=O)c2cnn(CCCl)c2)CCN1C. The van der Waals surface area contributed by atoms with Gasteiger partial charge in [-0.2, -0.15) is 9.40 Å². The number of hydrogen-bond donors (Lipinski definition) is 0. The van der Waals surface area contributed by atoms with Gasteiger partial charge in [-0.15, -0.1) is 11.6 Å². The number of likely N-dealkylation sites (N-methyl/N-ethyl adjacent to an activating group) is 1. The number of rotatable bonds is 4. The van der Waals surface area contributed by atoms with Crippen LogP contribution in [0.25, 0.3) is 0 Å². The third-order valence-electron chi connectivity index (χ3n) is 3.48. The highest BCUT2D eigenvalue weighted by atomic mass is 35.5. The first-order chi connectivity index (χ1) is 8.95. The summed E-state index contributed by atoms with van der Waals surface area (Å²) in [5.74, 6) is 0.409. The van der Waals surface area contributed by atoms with Crippen LogP contribution in [0, 0.1) is 0 Å². The van der Waals surface area contributed by atoms with Gasteiger partial charge in [0.25, 0.3) is 0 Å². The fourth-order valence-electron chi connectivity index (χ4n) is 2.07. The number of sulfonamides is 1. The van der Waals surface area contributed by atoms with Crippen molar-refractivity contribution in [1.29, 1.82) is 0 Å². The van der Waals surface area contributed by atoms with Gasteiger partial charge in [-0.3, -0.25) is 4.68 Å². The van der Waals surface area contributed by atoms with Gasteiger partial charge in [0.15, 0.2) is 0 Å². The van der Waals surface area contributed by atoms with E-state index in [1.165, 1.54) is 10.5 Å². The maximum absolute atomic E-state index is 12.5. The Labute approximate surface area is 119 Å². The second-order valence-corrected chi connectivity index (χ2v) is 7.14. The topological polar surface area (TPSA) is 58.4 Å². The zero-order valence-corrected chi connectivity index (χ0v) is 12.7. The average molecular weight is 307 g/mol. The number of piperazine rings is 1. The van der Waals surface area contributed by atoms with Gasteiger partial charge >= 0.3 is 0 Å². The predicted octanol–water partition coefficient (Wildman–Crippen LogP) is 0.447. The molecule has 6 nitrogen and oxygen atoms in total. The van der Waals surface area contributed by atoms with Crippen molar-refractivity contribution in [2.75, 3.05) is 32.6 Å². The van der Waals surface area contributed by atoms with E-state index in [1.807, 2.05) is 14.0 Å². The molecule has 0 saturated carbocycles. The number of nitrogens with zero attached hydrogens (tertiary/aromatic N) is 4. The van der Waals surface area contributed by atoms with Gasteiger partial charge in [0.2, 0.25) is 10.0 Å². The quantitative estimate of drug-likeness (QED) is 0.758. The van der Waals surface area contributed by atoms with Crippen molar-refractivity contribution < 1.29 is 8.42 Å². The highest BCUT2D eigenvalue weighted by Crippen LogP contribution is 2.18. The van der Waals surface area contributed by atoms with Crippen LogP contribution < -0.4 is 0 Å². The molecule has 1 aromatic rings. The summed E-state index contributed by atoms with van der Waals surface area (Å²) < 4.78 is 28.0. The zero-order valence-electron chi connectivity index (χ0n) is 11.2. The average Bonchev–Trinajstić information content (AvgIpc) is 2.82. The number of halogens is 1. The van der Waals surface area contributed by atoms with E-state index in [0.717, 1.165) is 6.54 Å². The molecule has 0 aromatic carbocycles. The summed E-state index contributed by atoms with van der Waals surface area (Å²) in [7, 11) is -1.43. The van der Waals surface area contributed by atoms with Crippen LogP contribution in [0.1, 0.15) is 6.92 Å². The molecule has 8 heteroatoms. The summed E-state index contributed by atoms with van der Waals surface area (Å²) in [6.45, 7) is 4.31. The first-order valence-corrected chi connectivity index (χ1v) is 8.21. The largest absolute Gasteiger partial charge is 0.301 e. The molecule has 0 amide bonds. The van der Waals surface area contributed by atoms with Crippen LogP contribution in [0.2, 0.25) is 0 Å². The Kier molecular flexibility index (Phi) is 4.50. The van der Waals surface area contributed by atoms with Gasteiger partial charge in [0.1, 0.15) is 4.90 Å². The van der Waals surface area contributed by atoms with Crippen LogP contribution in [0.15, 0.2) is 17.3 Å². The van der Waals surface area contributed by atoms with Crippen molar-refractivity contribution in [2.45, 2.75) is 24.4 Å². The summed E-state index contributed by atoms with van der Waals surface area (Å²) in [6.07, 6.45) is 2.94. The van der Waals surface area contributed by atoms with E-state index in [9.17, 15) is 8.42 Å². The number of aromatic nitrogens is 2. The molecule has 0 N–H and O–H groups in total. The molecule has 2 rings (SSSR count). The minimum Gasteiger partial charge on any atom is -0.301 e. The zero-order chi connectivity index (χ0) is 14.0. The standard InChI is InChI=1S/C11H19ClN4O2S/c1-10-8-16(6-5-14(10)2)19(17,18)11-7-13-15(9-11)4-3-12/h7,9-10H,3-6,8H2,1-2H3. The molecule has 1 aromatic heterocycles. The van der Waals surface area contributed by atoms with Crippen molar-refractivity contribution in [2.24, 2.45) is 0 Å². The maximum Gasteiger partial charge on any atom is 0.246 e. The lowest BCUT2D eigenvalue weighted by Gasteiger charge is -2.36. The summed E-state index contributed by atoms with van der Waals surface area (Å²) in [5.41, 5.74) is 0. The van der Waals surface area contributed by atoms with Gasteiger partial charge in [0.05, 0.1) is 12.7 Å². The smallest absolute Gasteiger partial charge is 0.246 e. The second kappa shape index (κ2) is 5.78. The molecule has 1 aliphatic heterocycles. The van der Waals surface area contributed by atoms with Crippen LogP contribution in [0.5, 0.6) is 0 Å².